The van der Waals surface area contributed by atoms with Crippen LogP contribution in [0.1, 0.15) is 31.9 Å². The molecule has 0 bridgehead atoms. The lowest BCUT2D eigenvalue weighted by Gasteiger charge is -2.36. The van der Waals surface area contributed by atoms with E-state index in [1.54, 1.807) is 6.07 Å². The van der Waals surface area contributed by atoms with E-state index in [1.165, 1.54) is 6.07 Å². The fraction of sp³-hybridized carbons (Fsp3) is 0.600. The lowest BCUT2D eigenvalue weighted by Crippen LogP contribution is -2.45. The van der Waals surface area contributed by atoms with Gasteiger partial charge in [-0.05, 0) is 30.0 Å². The summed E-state index contributed by atoms with van der Waals surface area (Å²) >= 11 is 5.93. The molecule has 0 radical (unpaired) electrons. The summed E-state index contributed by atoms with van der Waals surface area (Å²) in [7, 11) is 0. The van der Waals surface area contributed by atoms with Gasteiger partial charge in [-0.1, -0.05) is 31.5 Å². The van der Waals surface area contributed by atoms with E-state index in [9.17, 15) is 4.39 Å². The molecule has 106 valence electrons. The van der Waals surface area contributed by atoms with Crippen LogP contribution in [0, 0.1) is 11.7 Å². The third-order valence-corrected chi connectivity index (χ3v) is 3.91. The zero-order chi connectivity index (χ0) is 13.8. The molecule has 4 heteroatoms. The van der Waals surface area contributed by atoms with E-state index in [-0.39, 0.29) is 10.8 Å². The van der Waals surface area contributed by atoms with Crippen molar-refractivity contribution < 1.29 is 4.39 Å². The summed E-state index contributed by atoms with van der Waals surface area (Å²) in [6.45, 7) is 8.55. The number of halogens is 2. The Balaban J connectivity index is 2.22. The Labute approximate surface area is 119 Å². The topological polar surface area (TPSA) is 15.3 Å². The molecule has 1 N–H and O–H groups in total. The SMILES string of the molecule is CC(C)C[C@@H](c1ccc(F)c(Cl)c1)N1CCNCC1. The minimum atomic E-state index is -0.339. The molecule has 1 aliphatic rings. The van der Waals surface area contributed by atoms with E-state index in [4.69, 9.17) is 11.6 Å². The van der Waals surface area contributed by atoms with Crippen molar-refractivity contribution in [1.82, 2.24) is 10.2 Å². The van der Waals surface area contributed by atoms with Gasteiger partial charge in [0.25, 0.3) is 0 Å². The molecular weight excluding hydrogens is 263 g/mol. The highest BCUT2D eigenvalue weighted by Crippen LogP contribution is 2.30. The maximum Gasteiger partial charge on any atom is 0.141 e. The Morgan fingerprint density at radius 1 is 1.32 bits per heavy atom. The fourth-order valence-electron chi connectivity index (χ4n) is 2.66. The molecule has 0 spiro atoms. The van der Waals surface area contributed by atoms with Gasteiger partial charge in [-0.15, -0.1) is 0 Å². The molecule has 0 aromatic heterocycles. The van der Waals surface area contributed by atoms with Gasteiger partial charge in [0.1, 0.15) is 5.82 Å². The molecule has 1 atom stereocenters. The molecule has 2 nitrogen and oxygen atoms in total. The van der Waals surface area contributed by atoms with Gasteiger partial charge in [-0.3, -0.25) is 4.90 Å². The van der Waals surface area contributed by atoms with Crippen LogP contribution in [0.5, 0.6) is 0 Å². The van der Waals surface area contributed by atoms with Crippen molar-refractivity contribution in [3.8, 4) is 0 Å². The van der Waals surface area contributed by atoms with E-state index >= 15 is 0 Å². The van der Waals surface area contributed by atoms with Gasteiger partial charge in [0, 0.05) is 32.2 Å². The highest BCUT2D eigenvalue weighted by atomic mass is 35.5. The third kappa shape index (κ3) is 3.91. The predicted octanol–water partition coefficient (Wildman–Crippen LogP) is 3.47. The summed E-state index contributed by atoms with van der Waals surface area (Å²) in [5.41, 5.74) is 1.13. The monoisotopic (exact) mass is 284 g/mol. The van der Waals surface area contributed by atoms with Crippen LogP contribution in [0.3, 0.4) is 0 Å². The summed E-state index contributed by atoms with van der Waals surface area (Å²) in [6, 6.07) is 5.47. The van der Waals surface area contributed by atoms with Crippen LogP contribution in [-0.4, -0.2) is 31.1 Å². The largest absolute Gasteiger partial charge is 0.314 e. The van der Waals surface area contributed by atoms with Crippen molar-refractivity contribution >= 4 is 11.6 Å². The number of nitrogens with zero attached hydrogens (tertiary/aromatic N) is 1. The van der Waals surface area contributed by atoms with Crippen molar-refractivity contribution in [1.29, 1.82) is 0 Å². The molecule has 1 aliphatic heterocycles. The fourth-order valence-corrected chi connectivity index (χ4v) is 2.84. The second-order valence-electron chi connectivity index (χ2n) is 5.60. The highest BCUT2D eigenvalue weighted by Gasteiger charge is 2.23. The Morgan fingerprint density at radius 2 is 2.00 bits per heavy atom. The van der Waals surface area contributed by atoms with Gasteiger partial charge >= 0.3 is 0 Å². The standard InChI is InChI=1S/C15H22ClFN2/c1-11(2)9-15(19-7-5-18-6-8-19)12-3-4-14(17)13(16)10-12/h3-4,10-11,15,18H,5-9H2,1-2H3/t15-/m0/s1. The van der Waals surface area contributed by atoms with Gasteiger partial charge in [-0.2, -0.15) is 0 Å². The molecular formula is C15H22ClFN2. The first-order valence-electron chi connectivity index (χ1n) is 6.97. The van der Waals surface area contributed by atoms with Crippen LogP contribution in [0.2, 0.25) is 5.02 Å². The molecule has 1 saturated heterocycles. The number of rotatable bonds is 4. The van der Waals surface area contributed by atoms with Crippen molar-refractivity contribution in [3.63, 3.8) is 0 Å². The van der Waals surface area contributed by atoms with E-state index in [2.05, 4.69) is 24.1 Å². The summed E-state index contributed by atoms with van der Waals surface area (Å²) in [4.78, 5) is 2.47. The first kappa shape index (κ1) is 14.8. The average molecular weight is 285 g/mol. The number of nitrogens with one attached hydrogen (secondary N) is 1. The smallest absolute Gasteiger partial charge is 0.141 e. The summed E-state index contributed by atoms with van der Waals surface area (Å²) in [6.07, 6.45) is 1.07. The van der Waals surface area contributed by atoms with E-state index < -0.39 is 0 Å². The van der Waals surface area contributed by atoms with Crippen LogP contribution in [-0.2, 0) is 0 Å². The maximum atomic E-state index is 13.3. The Bertz CT molecular complexity index is 417. The van der Waals surface area contributed by atoms with Crippen molar-refractivity contribution in [2.75, 3.05) is 26.2 Å². The second-order valence-corrected chi connectivity index (χ2v) is 6.01. The Hall–Kier alpha value is -0.640. The summed E-state index contributed by atoms with van der Waals surface area (Å²) in [5, 5.41) is 3.59. The molecule has 0 saturated carbocycles. The number of piperazine rings is 1. The molecule has 1 aromatic rings. The second kappa shape index (κ2) is 6.69. The normalized spacial score (nSPS) is 18.8. The summed E-state index contributed by atoms with van der Waals surface area (Å²) in [5.74, 6) is 0.262. The van der Waals surface area contributed by atoms with Gasteiger partial charge in [-0.25, -0.2) is 4.39 Å². The molecule has 0 amide bonds. The van der Waals surface area contributed by atoms with E-state index in [1.807, 2.05) is 6.07 Å². The quantitative estimate of drug-likeness (QED) is 0.911. The maximum absolute atomic E-state index is 13.3. The lowest BCUT2D eigenvalue weighted by atomic mass is 9.95. The number of benzene rings is 1. The molecule has 2 rings (SSSR count). The van der Waals surface area contributed by atoms with Gasteiger partial charge < -0.3 is 5.32 Å². The Morgan fingerprint density at radius 3 is 2.58 bits per heavy atom. The van der Waals surface area contributed by atoms with Crippen LogP contribution in [0.25, 0.3) is 0 Å². The third-order valence-electron chi connectivity index (χ3n) is 3.62. The van der Waals surface area contributed by atoms with Crippen LogP contribution in [0.15, 0.2) is 18.2 Å². The van der Waals surface area contributed by atoms with Crippen molar-refractivity contribution in [3.05, 3.63) is 34.6 Å². The summed E-state index contributed by atoms with van der Waals surface area (Å²) < 4.78 is 13.3. The molecule has 1 fully saturated rings. The van der Waals surface area contributed by atoms with Gasteiger partial charge in [0.2, 0.25) is 0 Å². The van der Waals surface area contributed by atoms with Gasteiger partial charge in [0.05, 0.1) is 5.02 Å². The molecule has 1 heterocycles. The minimum absolute atomic E-state index is 0.224. The van der Waals surface area contributed by atoms with Crippen molar-refractivity contribution in [2.45, 2.75) is 26.3 Å². The average Bonchev–Trinajstić information content (AvgIpc) is 2.40. The molecule has 19 heavy (non-hydrogen) atoms. The van der Waals surface area contributed by atoms with Gasteiger partial charge in [0.15, 0.2) is 0 Å². The van der Waals surface area contributed by atoms with Crippen molar-refractivity contribution in [2.24, 2.45) is 5.92 Å². The van der Waals surface area contributed by atoms with Crippen LogP contribution in [0.4, 0.5) is 4.39 Å². The molecule has 0 unspecified atom stereocenters. The van der Waals surface area contributed by atoms with Crippen LogP contribution >= 0.6 is 11.6 Å². The number of hydrogen-bond acceptors (Lipinski definition) is 2. The first-order chi connectivity index (χ1) is 9.08. The highest BCUT2D eigenvalue weighted by molar-refractivity contribution is 6.30. The zero-order valence-corrected chi connectivity index (χ0v) is 12.4. The number of hydrogen-bond donors (Lipinski definition) is 1. The first-order valence-corrected chi connectivity index (χ1v) is 7.35. The minimum Gasteiger partial charge on any atom is -0.314 e. The predicted molar refractivity (Wildman–Crippen MR) is 78.0 cm³/mol. The lowest BCUT2D eigenvalue weighted by molar-refractivity contribution is 0.154. The van der Waals surface area contributed by atoms with Crippen LogP contribution < -0.4 is 5.32 Å². The Kier molecular flexibility index (Phi) is 5.20. The molecule has 1 aromatic carbocycles. The molecule has 0 aliphatic carbocycles. The van der Waals surface area contributed by atoms with E-state index in [0.717, 1.165) is 38.2 Å². The van der Waals surface area contributed by atoms with E-state index in [0.29, 0.717) is 12.0 Å². The zero-order valence-electron chi connectivity index (χ0n) is 11.6.